The standard InChI is InChI=1S/C12H25NO4/c1-6-10(14)9-16-8-7-13(5)11(15)17-12(2,3)4/h10,14H,6-9H2,1-5H3/t10-/m1/s1. The predicted molar refractivity (Wildman–Crippen MR) is 66.0 cm³/mol. The van der Waals surface area contributed by atoms with E-state index in [9.17, 15) is 9.90 Å². The van der Waals surface area contributed by atoms with Crippen molar-refractivity contribution in [1.29, 1.82) is 0 Å². The average Bonchev–Trinajstić information content (AvgIpc) is 2.21. The lowest BCUT2D eigenvalue weighted by atomic mass is 10.2. The highest BCUT2D eigenvalue weighted by atomic mass is 16.6. The van der Waals surface area contributed by atoms with Crippen molar-refractivity contribution in [3.8, 4) is 0 Å². The highest BCUT2D eigenvalue weighted by Gasteiger charge is 2.19. The third-order valence-corrected chi connectivity index (χ3v) is 2.06. The monoisotopic (exact) mass is 247 g/mol. The van der Waals surface area contributed by atoms with E-state index >= 15 is 0 Å². The van der Waals surface area contributed by atoms with Crippen molar-refractivity contribution in [2.24, 2.45) is 0 Å². The van der Waals surface area contributed by atoms with Gasteiger partial charge in [0.1, 0.15) is 5.60 Å². The van der Waals surface area contributed by atoms with Gasteiger partial charge < -0.3 is 19.5 Å². The predicted octanol–water partition coefficient (Wildman–Crippen LogP) is 1.64. The molecule has 17 heavy (non-hydrogen) atoms. The fourth-order valence-electron chi connectivity index (χ4n) is 0.970. The van der Waals surface area contributed by atoms with Crippen LogP contribution in [0.25, 0.3) is 0 Å². The molecule has 0 heterocycles. The minimum Gasteiger partial charge on any atom is -0.444 e. The molecule has 0 aromatic carbocycles. The summed E-state index contributed by atoms with van der Waals surface area (Å²) in [6, 6.07) is 0. The average molecular weight is 247 g/mol. The molecule has 102 valence electrons. The zero-order chi connectivity index (χ0) is 13.5. The van der Waals surface area contributed by atoms with E-state index in [4.69, 9.17) is 9.47 Å². The van der Waals surface area contributed by atoms with Gasteiger partial charge in [-0.15, -0.1) is 0 Å². The van der Waals surface area contributed by atoms with E-state index in [1.165, 1.54) is 4.90 Å². The molecule has 0 aromatic heterocycles. The largest absolute Gasteiger partial charge is 0.444 e. The summed E-state index contributed by atoms with van der Waals surface area (Å²) >= 11 is 0. The van der Waals surface area contributed by atoms with E-state index in [0.717, 1.165) is 0 Å². The van der Waals surface area contributed by atoms with Crippen molar-refractivity contribution >= 4 is 6.09 Å². The molecule has 0 aliphatic heterocycles. The molecule has 0 unspecified atom stereocenters. The number of likely N-dealkylation sites (N-methyl/N-ethyl adjacent to an activating group) is 1. The molecule has 0 saturated carbocycles. The van der Waals surface area contributed by atoms with E-state index in [1.54, 1.807) is 7.05 Å². The molecule has 0 fully saturated rings. The van der Waals surface area contributed by atoms with Gasteiger partial charge in [-0.3, -0.25) is 0 Å². The summed E-state index contributed by atoms with van der Waals surface area (Å²) in [7, 11) is 1.66. The molecule has 0 radical (unpaired) electrons. The van der Waals surface area contributed by atoms with E-state index in [0.29, 0.717) is 26.2 Å². The number of hydrogen-bond donors (Lipinski definition) is 1. The van der Waals surface area contributed by atoms with Crippen LogP contribution in [0.5, 0.6) is 0 Å². The Morgan fingerprint density at radius 2 is 2.00 bits per heavy atom. The third kappa shape index (κ3) is 8.94. The summed E-state index contributed by atoms with van der Waals surface area (Å²) in [4.78, 5) is 13.0. The number of carbonyl (C=O) groups is 1. The first-order valence-corrected chi connectivity index (χ1v) is 5.96. The number of carbonyl (C=O) groups excluding carboxylic acids is 1. The Bertz CT molecular complexity index is 225. The van der Waals surface area contributed by atoms with Gasteiger partial charge in [-0.1, -0.05) is 6.92 Å². The normalized spacial score (nSPS) is 13.3. The molecule has 0 rings (SSSR count). The van der Waals surface area contributed by atoms with Crippen LogP contribution in [-0.4, -0.2) is 54.6 Å². The summed E-state index contributed by atoms with van der Waals surface area (Å²) in [6.45, 7) is 8.52. The quantitative estimate of drug-likeness (QED) is 0.725. The number of amides is 1. The Hall–Kier alpha value is -0.810. The highest BCUT2D eigenvalue weighted by molar-refractivity contribution is 5.67. The second kappa shape index (κ2) is 7.50. The van der Waals surface area contributed by atoms with Gasteiger partial charge >= 0.3 is 6.09 Å². The van der Waals surface area contributed by atoms with Crippen molar-refractivity contribution in [3.05, 3.63) is 0 Å². The SMILES string of the molecule is CC[C@@H](O)COCCN(C)C(=O)OC(C)(C)C. The maximum Gasteiger partial charge on any atom is 0.410 e. The molecule has 1 amide bonds. The number of ether oxygens (including phenoxy) is 2. The first-order chi connectivity index (χ1) is 7.76. The van der Waals surface area contributed by atoms with Gasteiger partial charge in [0, 0.05) is 13.6 Å². The van der Waals surface area contributed by atoms with Crippen molar-refractivity contribution in [2.75, 3.05) is 26.8 Å². The highest BCUT2D eigenvalue weighted by Crippen LogP contribution is 2.08. The van der Waals surface area contributed by atoms with Crippen molar-refractivity contribution in [3.63, 3.8) is 0 Å². The minimum absolute atomic E-state index is 0.304. The molecule has 0 aliphatic carbocycles. The van der Waals surface area contributed by atoms with E-state index in [-0.39, 0.29) is 6.09 Å². The second-order valence-corrected chi connectivity index (χ2v) is 5.04. The van der Waals surface area contributed by atoms with Crippen LogP contribution in [0.3, 0.4) is 0 Å². The lowest BCUT2D eigenvalue weighted by Crippen LogP contribution is -2.36. The van der Waals surface area contributed by atoms with Gasteiger partial charge in [-0.25, -0.2) is 4.79 Å². The molecule has 0 aromatic rings. The second-order valence-electron chi connectivity index (χ2n) is 5.04. The number of hydrogen-bond acceptors (Lipinski definition) is 4. The van der Waals surface area contributed by atoms with Gasteiger partial charge in [-0.2, -0.15) is 0 Å². The van der Waals surface area contributed by atoms with Crippen LogP contribution < -0.4 is 0 Å². The van der Waals surface area contributed by atoms with Crippen LogP contribution in [0.4, 0.5) is 4.79 Å². The summed E-state index contributed by atoms with van der Waals surface area (Å²) in [6.07, 6.45) is -0.124. The summed E-state index contributed by atoms with van der Waals surface area (Å²) in [5, 5.41) is 9.25. The summed E-state index contributed by atoms with van der Waals surface area (Å²) in [5.74, 6) is 0. The maximum absolute atomic E-state index is 11.5. The van der Waals surface area contributed by atoms with E-state index in [2.05, 4.69) is 0 Å². The Balaban J connectivity index is 3.72. The van der Waals surface area contributed by atoms with Crippen LogP contribution in [-0.2, 0) is 9.47 Å². The first-order valence-electron chi connectivity index (χ1n) is 5.96. The van der Waals surface area contributed by atoms with Gasteiger partial charge in [0.05, 0.1) is 19.3 Å². The molecule has 0 saturated heterocycles. The van der Waals surface area contributed by atoms with Gasteiger partial charge in [-0.05, 0) is 27.2 Å². The number of aliphatic hydroxyl groups is 1. The topological polar surface area (TPSA) is 59.0 Å². The molecule has 1 atom stereocenters. The Kier molecular flexibility index (Phi) is 7.15. The van der Waals surface area contributed by atoms with Crippen molar-refractivity contribution < 1.29 is 19.4 Å². The number of rotatable bonds is 6. The molecule has 5 heteroatoms. The number of nitrogens with zero attached hydrogens (tertiary/aromatic N) is 1. The number of aliphatic hydroxyl groups excluding tert-OH is 1. The van der Waals surface area contributed by atoms with E-state index in [1.807, 2.05) is 27.7 Å². The van der Waals surface area contributed by atoms with E-state index < -0.39 is 11.7 Å². The molecular weight excluding hydrogens is 222 g/mol. The Labute approximate surface area is 104 Å². The fraction of sp³-hybridized carbons (Fsp3) is 0.917. The third-order valence-electron chi connectivity index (χ3n) is 2.06. The Morgan fingerprint density at radius 1 is 1.41 bits per heavy atom. The molecule has 1 N–H and O–H groups in total. The lowest BCUT2D eigenvalue weighted by Gasteiger charge is -2.24. The van der Waals surface area contributed by atoms with Crippen LogP contribution in [0.2, 0.25) is 0 Å². The van der Waals surface area contributed by atoms with Crippen LogP contribution in [0, 0.1) is 0 Å². The summed E-state index contributed by atoms with van der Waals surface area (Å²) < 4.78 is 10.4. The summed E-state index contributed by atoms with van der Waals surface area (Å²) in [5.41, 5.74) is -0.482. The fourth-order valence-corrected chi connectivity index (χ4v) is 0.970. The molecule has 0 spiro atoms. The van der Waals surface area contributed by atoms with Crippen LogP contribution in [0.15, 0.2) is 0 Å². The Morgan fingerprint density at radius 3 is 2.47 bits per heavy atom. The van der Waals surface area contributed by atoms with Crippen LogP contribution >= 0.6 is 0 Å². The minimum atomic E-state index is -0.482. The first kappa shape index (κ1) is 16.2. The maximum atomic E-state index is 11.5. The van der Waals surface area contributed by atoms with Gasteiger partial charge in [0.2, 0.25) is 0 Å². The zero-order valence-corrected chi connectivity index (χ0v) is 11.5. The van der Waals surface area contributed by atoms with Gasteiger partial charge in [0.15, 0.2) is 0 Å². The zero-order valence-electron chi connectivity index (χ0n) is 11.5. The smallest absolute Gasteiger partial charge is 0.410 e. The molecule has 0 aliphatic rings. The molecule has 5 nitrogen and oxygen atoms in total. The molecule has 0 bridgehead atoms. The molecular formula is C12H25NO4. The van der Waals surface area contributed by atoms with Crippen molar-refractivity contribution in [1.82, 2.24) is 4.90 Å². The lowest BCUT2D eigenvalue weighted by molar-refractivity contribution is 0.0105. The van der Waals surface area contributed by atoms with Gasteiger partial charge in [0.25, 0.3) is 0 Å². The van der Waals surface area contributed by atoms with Crippen LogP contribution in [0.1, 0.15) is 34.1 Å². The van der Waals surface area contributed by atoms with Crippen molar-refractivity contribution in [2.45, 2.75) is 45.8 Å².